The van der Waals surface area contributed by atoms with E-state index in [9.17, 15) is 4.79 Å². The van der Waals surface area contributed by atoms with E-state index in [2.05, 4.69) is 31.9 Å². The first kappa shape index (κ1) is 13.0. The highest BCUT2D eigenvalue weighted by Crippen LogP contribution is 2.25. The SMILES string of the molecule is O=Cc1ccc(OCC(Br)CBr)c(Cl)c1. The van der Waals surface area contributed by atoms with E-state index < -0.39 is 0 Å². The summed E-state index contributed by atoms with van der Waals surface area (Å²) in [5, 5.41) is 1.26. The quantitative estimate of drug-likeness (QED) is 0.594. The smallest absolute Gasteiger partial charge is 0.150 e. The molecule has 0 spiro atoms. The molecule has 0 radical (unpaired) electrons. The van der Waals surface area contributed by atoms with Crippen molar-refractivity contribution in [2.24, 2.45) is 0 Å². The minimum atomic E-state index is 0.235. The van der Waals surface area contributed by atoms with Crippen molar-refractivity contribution in [2.45, 2.75) is 4.83 Å². The molecule has 15 heavy (non-hydrogen) atoms. The molecule has 0 N–H and O–H groups in total. The number of carbonyl (C=O) groups is 1. The Balaban J connectivity index is 2.65. The monoisotopic (exact) mass is 354 g/mol. The van der Waals surface area contributed by atoms with E-state index in [4.69, 9.17) is 16.3 Å². The van der Waals surface area contributed by atoms with Crippen LogP contribution in [0.4, 0.5) is 0 Å². The van der Waals surface area contributed by atoms with Crippen LogP contribution in [-0.2, 0) is 0 Å². The Bertz CT molecular complexity index is 344. The molecular weight excluding hydrogens is 347 g/mol. The predicted octanol–water partition coefficient (Wildman–Crippen LogP) is 3.69. The van der Waals surface area contributed by atoms with E-state index in [0.29, 0.717) is 22.9 Å². The molecule has 0 saturated carbocycles. The van der Waals surface area contributed by atoms with Crippen molar-refractivity contribution in [3.8, 4) is 5.75 Å². The molecular formula is C10H9Br2ClO2. The van der Waals surface area contributed by atoms with Crippen LogP contribution >= 0.6 is 43.5 Å². The van der Waals surface area contributed by atoms with Gasteiger partial charge in [-0.1, -0.05) is 43.5 Å². The first-order valence-electron chi connectivity index (χ1n) is 4.25. The van der Waals surface area contributed by atoms with Crippen molar-refractivity contribution >= 4 is 49.7 Å². The van der Waals surface area contributed by atoms with E-state index in [1.54, 1.807) is 18.2 Å². The summed E-state index contributed by atoms with van der Waals surface area (Å²) >= 11 is 12.7. The van der Waals surface area contributed by atoms with Crippen molar-refractivity contribution in [2.75, 3.05) is 11.9 Å². The molecule has 0 bridgehead atoms. The first-order chi connectivity index (χ1) is 7.17. The molecule has 0 amide bonds. The molecule has 1 atom stereocenters. The third-order valence-corrected chi connectivity index (χ3v) is 4.21. The summed E-state index contributed by atoms with van der Waals surface area (Å²) in [6.07, 6.45) is 0.751. The lowest BCUT2D eigenvalue weighted by atomic mass is 10.2. The number of halogens is 3. The van der Waals surface area contributed by atoms with Crippen LogP contribution in [0.25, 0.3) is 0 Å². The molecule has 5 heteroatoms. The zero-order chi connectivity index (χ0) is 11.3. The van der Waals surface area contributed by atoms with Crippen LogP contribution in [0.15, 0.2) is 18.2 Å². The van der Waals surface area contributed by atoms with Crippen molar-refractivity contribution in [1.29, 1.82) is 0 Å². The maximum absolute atomic E-state index is 10.5. The first-order valence-corrected chi connectivity index (χ1v) is 6.66. The molecule has 1 unspecified atom stereocenters. The topological polar surface area (TPSA) is 26.3 Å². The van der Waals surface area contributed by atoms with Gasteiger partial charge in [0, 0.05) is 10.9 Å². The van der Waals surface area contributed by atoms with Crippen molar-refractivity contribution < 1.29 is 9.53 Å². The number of ether oxygens (including phenoxy) is 1. The number of benzene rings is 1. The summed E-state index contributed by atoms with van der Waals surface area (Å²) in [7, 11) is 0. The molecule has 1 aromatic carbocycles. The Morgan fingerprint density at radius 1 is 1.53 bits per heavy atom. The lowest BCUT2D eigenvalue weighted by molar-refractivity contribution is 0.112. The van der Waals surface area contributed by atoms with Gasteiger partial charge in [-0.05, 0) is 18.2 Å². The molecule has 0 aromatic heterocycles. The van der Waals surface area contributed by atoms with E-state index in [0.717, 1.165) is 11.6 Å². The lowest BCUT2D eigenvalue weighted by Crippen LogP contribution is -2.12. The molecule has 0 aliphatic rings. The molecule has 0 fully saturated rings. The van der Waals surface area contributed by atoms with Crippen LogP contribution < -0.4 is 4.74 Å². The van der Waals surface area contributed by atoms with Gasteiger partial charge in [0.05, 0.1) is 9.85 Å². The minimum absolute atomic E-state index is 0.235. The minimum Gasteiger partial charge on any atom is -0.491 e. The van der Waals surface area contributed by atoms with E-state index in [1.807, 2.05) is 0 Å². The van der Waals surface area contributed by atoms with Crippen LogP contribution in [0, 0.1) is 0 Å². The highest BCUT2D eigenvalue weighted by atomic mass is 79.9. The fourth-order valence-corrected chi connectivity index (χ4v) is 1.49. The van der Waals surface area contributed by atoms with Crippen molar-refractivity contribution in [3.05, 3.63) is 28.8 Å². The summed E-state index contributed by atoms with van der Waals surface area (Å²) in [6, 6.07) is 4.95. The normalized spacial score (nSPS) is 12.2. The fraction of sp³-hybridized carbons (Fsp3) is 0.300. The number of hydrogen-bond acceptors (Lipinski definition) is 2. The van der Waals surface area contributed by atoms with Gasteiger partial charge >= 0.3 is 0 Å². The van der Waals surface area contributed by atoms with Crippen LogP contribution in [0.5, 0.6) is 5.75 Å². The molecule has 0 aliphatic carbocycles. The Hall–Kier alpha value is -0.0600. The zero-order valence-electron chi connectivity index (χ0n) is 7.75. The van der Waals surface area contributed by atoms with Crippen LogP contribution in [0.1, 0.15) is 10.4 Å². The Kier molecular flexibility index (Phi) is 5.64. The van der Waals surface area contributed by atoms with Crippen LogP contribution in [-0.4, -0.2) is 23.1 Å². The van der Waals surface area contributed by atoms with Gasteiger partial charge in [0.2, 0.25) is 0 Å². The Morgan fingerprint density at radius 3 is 2.80 bits per heavy atom. The standard InChI is InChI=1S/C10H9Br2ClO2/c11-4-8(12)6-15-10-2-1-7(5-14)3-9(10)13/h1-3,5,8H,4,6H2. The highest BCUT2D eigenvalue weighted by Gasteiger charge is 2.06. The second-order valence-corrected chi connectivity index (χ2v) is 5.22. The highest BCUT2D eigenvalue weighted by molar-refractivity contribution is 9.12. The van der Waals surface area contributed by atoms with Gasteiger partial charge in [-0.15, -0.1) is 0 Å². The maximum atomic E-state index is 10.5. The van der Waals surface area contributed by atoms with Gasteiger partial charge in [-0.3, -0.25) is 4.79 Å². The summed E-state index contributed by atoms with van der Waals surface area (Å²) in [5.74, 6) is 0.590. The Labute approximate surface area is 110 Å². The third kappa shape index (κ3) is 4.13. The molecule has 0 aliphatic heterocycles. The molecule has 2 nitrogen and oxygen atoms in total. The Morgan fingerprint density at radius 2 is 2.27 bits per heavy atom. The molecule has 1 rings (SSSR count). The molecule has 0 heterocycles. The molecule has 0 saturated heterocycles. The predicted molar refractivity (Wildman–Crippen MR) is 68.8 cm³/mol. The second kappa shape index (κ2) is 6.51. The average molecular weight is 356 g/mol. The molecule has 1 aromatic rings. The van der Waals surface area contributed by atoms with Gasteiger partial charge in [-0.25, -0.2) is 0 Å². The van der Waals surface area contributed by atoms with E-state index in [-0.39, 0.29) is 4.83 Å². The van der Waals surface area contributed by atoms with Crippen LogP contribution in [0.2, 0.25) is 5.02 Å². The number of hydrogen-bond donors (Lipinski definition) is 0. The summed E-state index contributed by atoms with van der Waals surface area (Å²) in [4.78, 5) is 10.7. The number of rotatable bonds is 5. The van der Waals surface area contributed by atoms with Crippen molar-refractivity contribution in [1.82, 2.24) is 0 Å². The van der Waals surface area contributed by atoms with Gasteiger partial charge < -0.3 is 4.74 Å². The van der Waals surface area contributed by atoms with Gasteiger partial charge in [0.1, 0.15) is 18.6 Å². The van der Waals surface area contributed by atoms with Crippen LogP contribution in [0.3, 0.4) is 0 Å². The van der Waals surface area contributed by atoms with Gasteiger partial charge in [0.15, 0.2) is 0 Å². The maximum Gasteiger partial charge on any atom is 0.150 e. The second-order valence-electron chi connectivity index (χ2n) is 2.87. The summed E-state index contributed by atoms with van der Waals surface area (Å²) in [6.45, 7) is 0.519. The van der Waals surface area contributed by atoms with Crippen molar-refractivity contribution in [3.63, 3.8) is 0 Å². The van der Waals surface area contributed by atoms with E-state index in [1.165, 1.54) is 0 Å². The number of aldehydes is 1. The fourth-order valence-electron chi connectivity index (χ4n) is 0.932. The van der Waals surface area contributed by atoms with Gasteiger partial charge in [-0.2, -0.15) is 0 Å². The number of alkyl halides is 2. The lowest BCUT2D eigenvalue weighted by Gasteiger charge is -2.10. The average Bonchev–Trinajstić information content (AvgIpc) is 2.26. The zero-order valence-corrected chi connectivity index (χ0v) is 11.7. The molecule has 82 valence electrons. The number of carbonyl (C=O) groups excluding carboxylic acids is 1. The third-order valence-electron chi connectivity index (χ3n) is 1.68. The van der Waals surface area contributed by atoms with E-state index >= 15 is 0 Å². The summed E-state index contributed by atoms with van der Waals surface area (Å²) in [5.41, 5.74) is 0.545. The van der Waals surface area contributed by atoms with Gasteiger partial charge in [0.25, 0.3) is 0 Å². The summed E-state index contributed by atoms with van der Waals surface area (Å²) < 4.78 is 5.46. The largest absolute Gasteiger partial charge is 0.491 e.